The number of hydrogen-bond acceptors (Lipinski definition) is 3. The highest BCUT2D eigenvalue weighted by molar-refractivity contribution is 4.85. The van der Waals surface area contributed by atoms with E-state index in [0.29, 0.717) is 18.1 Å². The number of nitrogens with one attached hydrogen (secondary N) is 1. The molecule has 0 aliphatic carbocycles. The molecule has 0 bridgehead atoms. The van der Waals surface area contributed by atoms with Crippen LogP contribution in [0.1, 0.15) is 40.5 Å². The second-order valence-corrected chi connectivity index (χ2v) is 5.77. The van der Waals surface area contributed by atoms with Gasteiger partial charge in [0.05, 0.1) is 6.61 Å². The molecule has 3 nitrogen and oxygen atoms in total. The predicted molar refractivity (Wildman–Crippen MR) is 73.4 cm³/mol. The molecule has 0 spiro atoms. The summed E-state index contributed by atoms with van der Waals surface area (Å²) < 4.78 is 5.39. The van der Waals surface area contributed by atoms with Crippen LogP contribution >= 0.6 is 0 Å². The van der Waals surface area contributed by atoms with Gasteiger partial charge < -0.3 is 10.1 Å². The van der Waals surface area contributed by atoms with Crippen molar-refractivity contribution in [3.05, 3.63) is 0 Å². The molecule has 102 valence electrons. The van der Waals surface area contributed by atoms with Crippen LogP contribution in [0.5, 0.6) is 0 Å². The van der Waals surface area contributed by atoms with Gasteiger partial charge in [-0.25, -0.2) is 0 Å². The first-order valence-corrected chi connectivity index (χ1v) is 7.04. The lowest BCUT2D eigenvalue weighted by atomic mass is 9.90. The third-order valence-electron chi connectivity index (χ3n) is 4.01. The minimum atomic E-state index is 0.514. The van der Waals surface area contributed by atoms with Crippen LogP contribution in [0, 0.1) is 5.92 Å². The molecule has 17 heavy (non-hydrogen) atoms. The molecule has 3 heteroatoms. The minimum Gasteiger partial charge on any atom is -0.383 e. The summed E-state index contributed by atoms with van der Waals surface area (Å²) in [6, 6.07) is 1.74. The lowest BCUT2D eigenvalue weighted by Crippen LogP contribution is -2.54. The van der Waals surface area contributed by atoms with Crippen LogP contribution in [-0.2, 0) is 4.74 Å². The lowest BCUT2D eigenvalue weighted by molar-refractivity contribution is 0.0245. The van der Waals surface area contributed by atoms with Crippen molar-refractivity contribution in [1.29, 1.82) is 0 Å². The van der Waals surface area contributed by atoms with Crippen molar-refractivity contribution in [3.8, 4) is 0 Å². The van der Waals surface area contributed by atoms with E-state index in [1.807, 2.05) is 0 Å². The Hall–Kier alpha value is -0.120. The summed E-state index contributed by atoms with van der Waals surface area (Å²) in [5.74, 6) is 0.808. The Morgan fingerprint density at radius 2 is 2.06 bits per heavy atom. The molecule has 1 aliphatic heterocycles. The van der Waals surface area contributed by atoms with Crippen LogP contribution < -0.4 is 5.32 Å². The van der Waals surface area contributed by atoms with Gasteiger partial charge in [0.25, 0.3) is 0 Å². The van der Waals surface area contributed by atoms with Gasteiger partial charge >= 0.3 is 0 Å². The molecule has 1 rings (SSSR count). The van der Waals surface area contributed by atoms with Crippen molar-refractivity contribution in [1.82, 2.24) is 10.2 Å². The predicted octanol–water partition coefficient (Wildman–Crippen LogP) is 2.12. The maximum atomic E-state index is 5.39. The summed E-state index contributed by atoms with van der Waals surface area (Å²) in [7, 11) is 1.81. The molecule has 0 aromatic rings. The molecule has 1 aliphatic rings. The normalized spacial score (nSPS) is 28.6. The van der Waals surface area contributed by atoms with Gasteiger partial charge in [0, 0.05) is 31.8 Å². The second-order valence-electron chi connectivity index (χ2n) is 5.77. The second kappa shape index (κ2) is 7.34. The van der Waals surface area contributed by atoms with E-state index in [-0.39, 0.29) is 0 Å². The number of hydrogen-bond donors (Lipinski definition) is 1. The van der Waals surface area contributed by atoms with Crippen LogP contribution in [0.4, 0.5) is 0 Å². The van der Waals surface area contributed by atoms with Gasteiger partial charge in [-0.1, -0.05) is 20.8 Å². The molecule has 0 aromatic heterocycles. The van der Waals surface area contributed by atoms with Crippen molar-refractivity contribution < 1.29 is 4.74 Å². The topological polar surface area (TPSA) is 24.5 Å². The number of ether oxygens (including phenoxy) is 1. The van der Waals surface area contributed by atoms with Crippen LogP contribution in [0.15, 0.2) is 0 Å². The maximum Gasteiger partial charge on any atom is 0.0630 e. The molecule has 1 saturated heterocycles. The number of methoxy groups -OCH3 is 1. The zero-order chi connectivity index (χ0) is 12.8. The standard InChI is InChI=1S/C14H30N2O/c1-11(2)15-9-14(10-17-5)16-8-6-7-12(3)13(16)4/h11-15H,6-10H2,1-5H3. The van der Waals surface area contributed by atoms with Gasteiger partial charge in [-0.3, -0.25) is 4.90 Å². The SMILES string of the molecule is COCC(CNC(C)C)N1CCCC(C)C1C. The van der Waals surface area contributed by atoms with Gasteiger partial charge in [0.2, 0.25) is 0 Å². The van der Waals surface area contributed by atoms with Crippen molar-refractivity contribution in [2.24, 2.45) is 5.92 Å². The fourth-order valence-corrected chi connectivity index (χ4v) is 2.72. The summed E-state index contributed by atoms with van der Waals surface area (Å²) in [5.41, 5.74) is 0. The van der Waals surface area contributed by atoms with Crippen molar-refractivity contribution in [2.75, 3.05) is 26.8 Å². The van der Waals surface area contributed by atoms with Gasteiger partial charge in [-0.2, -0.15) is 0 Å². The van der Waals surface area contributed by atoms with E-state index >= 15 is 0 Å². The zero-order valence-corrected chi connectivity index (χ0v) is 12.2. The molecule has 0 aromatic carbocycles. The van der Waals surface area contributed by atoms with E-state index in [1.165, 1.54) is 19.4 Å². The molecular formula is C14H30N2O. The fourth-order valence-electron chi connectivity index (χ4n) is 2.72. The summed E-state index contributed by atoms with van der Waals surface area (Å²) in [5, 5.41) is 3.54. The summed E-state index contributed by atoms with van der Waals surface area (Å²) >= 11 is 0. The fraction of sp³-hybridized carbons (Fsp3) is 1.00. The summed E-state index contributed by atoms with van der Waals surface area (Å²) in [6.45, 7) is 12.2. The Bertz CT molecular complexity index is 208. The summed E-state index contributed by atoms with van der Waals surface area (Å²) in [6.07, 6.45) is 2.70. The molecule has 1 heterocycles. The largest absolute Gasteiger partial charge is 0.383 e. The lowest BCUT2D eigenvalue weighted by Gasteiger charge is -2.43. The quantitative estimate of drug-likeness (QED) is 0.772. The highest BCUT2D eigenvalue weighted by Gasteiger charge is 2.30. The number of rotatable bonds is 6. The molecule has 1 N–H and O–H groups in total. The smallest absolute Gasteiger partial charge is 0.0630 e. The van der Waals surface area contributed by atoms with Gasteiger partial charge in [0.15, 0.2) is 0 Å². The molecule has 3 unspecified atom stereocenters. The number of nitrogens with zero attached hydrogens (tertiary/aromatic N) is 1. The zero-order valence-electron chi connectivity index (χ0n) is 12.2. The van der Waals surface area contributed by atoms with E-state index in [1.54, 1.807) is 7.11 Å². The Kier molecular flexibility index (Phi) is 6.45. The van der Waals surface area contributed by atoms with E-state index in [0.717, 1.165) is 19.1 Å². The van der Waals surface area contributed by atoms with Crippen LogP contribution in [0.2, 0.25) is 0 Å². The molecular weight excluding hydrogens is 212 g/mol. The molecule has 0 saturated carbocycles. The van der Waals surface area contributed by atoms with E-state index in [9.17, 15) is 0 Å². The average Bonchev–Trinajstić information content (AvgIpc) is 2.28. The van der Waals surface area contributed by atoms with Gasteiger partial charge in [-0.15, -0.1) is 0 Å². The molecule has 3 atom stereocenters. The first-order valence-electron chi connectivity index (χ1n) is 7.04. The van der Waals surface area contributed by atoms with Crippen molar-refractivity contribution >= 4 is 0 Å². The molecule has 0 amide bonds. The van der Waals surface area contributed by atoms with Crippen molar-refractivity contribution in [3.63, 3.8) is 0 Å². The van der Waals surface area contributed by atoms with Crippen molar-refractivity contribution in [2.45, 2.75) is 58.7 Å². The highest BCUT2D eigenvalue weighted by Crippen LogP contribution is 2.24. The van der Waals surface area contributed by atoms with E-state index in [4.69, 9.17) is 4.74 Å². The highest BCUT2D eigenvalue weighted by atomic mass is 16.5. The van der Waals surface area contributed by atoms with Gasteiger partial charge in [-0.05, 0) is 32.2 Å². The average molecular weight is 242 g/mol. The first kappa shape index (κ1) is 14.9. The van der Waals surface area contributed by atoms with Gasteiger partial charge in [0.1, 0.15) is 0 Å². The maximum absolute atomic E-state index is 5.39. The Morgan fingerprint density at radius 3 is 2.65 bits per heavy atom. The first-order chi connectivity index (χ1) is 8.06. The van der Waals surface area contributed by atoms with E-state index in [2.05, 4.69) is 37.9 Å². The minimum absolute atomic E-state index is 0.514. The summed E-state index contributed by atoms with van der Waals surface area (Å²) in [4.78, 5) is 2.63. The third kappa shape index (κ3) is 4.57. The molecule has 1 fully saturated rings. The van der Waals surface area contributed by atoms with Crippen LogP contribution in [0.25, 0.3) is 0 Å². The van der Waals surface area contributed by atoms with Crippen LogP contribution in [-0.4, -0.2) is 49.8 Å². The number of piperidine rings is 1. The number of likely N-dealkylation sites (tertiary alicyclic amines) is 1. The monoisotopic (exact) mass is 242 g/mol. The Labute approximate surface area is 107 Å². The Balaban J connectivity index is 2.54. The van der Waals surface area contributed by atoms with E-state index < -0.39 is 0 Å². The Morgan fingerprint density at radius 1 is 1.35 bits per heavy atom. The molecule has 0 radical (unpaired) electrons. The third-order valence-corrected chi connectivity index (χ3v) is 4.01. The van der Waals surface area contributed by atoms with Crippen LogP contribution in [0.3, 0.4) is 0 Å².